The van der Waals surface area contributed by atoms with Crippen LogP contribution < -0.4 is 5.32 Å². The van der Waals surface area contributed by atoms with Gasteiger partial charge in [0.1, 0.15) is 17.6 Å². The number of carbonyl (C=O) groups is 1. The predicted molar refractivity (Wildman–Crippen MR) is 59.1 cm³/mol. The van der Waals surface area contributed by atoms with Gasteiger partial charge in [-0.15, -0.1) is 0 Å². The zero-order valence-electron chi connectivity index (χ0n) is 9.19. The van der Waals surface area contributed by atoms with E-state index in [1.807, 2.05) is 0 Å². The highest BCUT2D eigenvalue weighted by atomic mass is 19.1. The molecule has 3 N–H and O–H groups in total. The van der Waals surface area contributed by atoms with Gasteiger partial charge in [-0.1, -0.05) is 0 Å². The quantitative estimate of drug-likeness (QED) is 0.728. The van der Waals surface area contributed by atoms with Crippen molar-refractivity contribution in [2.24, 2.45) is 5.92 Å². The van der Waals surface area contributed by atoms with Crippen molar-refractivity contribution in [2.75, 3.05) is 0 Å². The van der Waals surface area contributed by atoms with Crippen LogP contribution in [0.3, 0.4) is 0 Å². The molecule has 0 heterocycles. The van der Waals surface area contributed by atoms with Gasteiger partial charge >= 0.3 is 5.97 Å². The largest absolute Gasteiger partial charge is 0.508 e. The van der Waals surface area contributed by atoms with Crippen LogP contribution in [0.2, 0.25) is 0 Å². The molecule has 1 saturated carbocycles. The number of carboxylic acids is 1. The van der Waals surface area contributed by atoms with E-state index in [0.717, 1.165) is 18.9 Å². The SMILES string of the molecule is O=C(O)C(NCc1cc(F)ccc1O)C1CC1. The molecule has 2 rings (SSSR count). The molecule has 0 amide bonds. The average Bonchev–Trinajstić information content (AvgIpc) is 3.07. The van der Waals surface area contributed by atoms with Gasteiger partial charge in [-0.05, 0) is 37.0 Å². The van der Waals surface area contributed by atoms with Crippen LogP contribution in [0.1, 0.15) is 18.4 Å². The first-order valence-electron chi connectivity index (χ1n) is 5.51. The molecule has 0 aromatic heterocycles. The molecular weight excluding hydrogens is 225 g/mol. The molecule has 1 aliphatic carbocycles. The van der Waals surface area contributed by atoms with E-state index >= 15 is 0 Å². The van der Waals surface area contributed by atoms with E-state index in [-0.39, 0.29) is 18.2 Å². The van der Waals surface area contributed by atoms with Gasteiger partial charge in [0.15, 0.2) is 0 Å². The maximum absolute atomic E-state index is 12.9. The fourth-order valence-corrected chi connectivity index (χ4v) is 1.80. The third-order valence-corrected chi connectivity index (χ3v) is 2.91. The summed E-state index contributed by atoms with van der Waals surface area (Å²) >= 11 is 0. The summed E-state index contributed by atoms with van der Waals surface area (Å²) in [5, 5.41) is 21.3. The number of carboxylic acid groups (broad SMARTS) is 1. The number of rotatable bonds is 5. The third kappa shape index (κ3) is 2.94. The van der Waals surface area contributed by atoms with E-state index in [2.05, 4.69) is 5.32 Å². The predicted octanol–water partition coefficient (Wildman–Crippen LogP) is 1.48. The lowest BCUT2D eigenvalue weighted by Gasteiger charge is -2.14. The van der Waals surface area contributed by atoms with Crippen molar-refractivity contribution in [1.29, 1.82) is 0 Å². The van der Waals surface area contributed by atoms with Crippen molar-refractivity contribution in [2.45, 2.75) is 25.4 Å². The number of hydrogen-bond acceptors (Lipinski definition) is 3. The number of nitrogens with one attached hydrogen (secondary N) is 1. The van der Waals surface area contributed by atoms with Crippen LogP contribution in [-0.4, -0.2) is 22.2 Å². The Morgan fingerprint density at radius 1 is 1.53 bits per heavy atom. The van der Waals surface area contributed by atoms with E-state index in [9.17, 15) is 14.3 Å². The number of aromatic hydroxyl groups is 1. The summed E-state index contributed by atoms with van der Waals surface area (Å²) in [6, 6.07) is 3.01. The average molecular weight is 239 g/mol. The topological polar surface area (TPSA) is 69.6 Å². The molecule has 1 unspecified atom stereocenters. The monoisotopic (exact) mass is 239 g/mol. The summed E-state index contributed by atoms with van der Waals surface area (Å²) in [5.74, 6) is -1.22. The molecule has 0 spiro atoms. The lowest BCUT2D eigenvalue weighted by Crippen LogP contribution is -2.38. The highest BCUT2D eigenvalue weighted by Crippen LogP contribution is 2.33. The second kappa shape index (κ2) is 4.71. The highest BCUT2D eigenvalue weighted by molar-refractivity contribution is 5.74. The molecule has 0 aliphatic heterocycles. The van der Waals surface area contributed by atoms with Gasteiger partial charge in [0, 0.05) is 12.1 Å². The van der Waals surface area contributed by atoms with Crippen LogP contribution in [0.4, 0.5) is 4.39 Å². The fraction of sp³-hybridized carbons (Fsp3) is 0.417. The minimum Gasteiger partial charge on any atom is -0.508 e. The third-order valence-electron chi connectivity index (χ3n) is 2.91. The second-order valence-corrected chi connectivity index (χ2v) is 4.31. The molecular formula is C12H14FNO3. The number of benzene rings is 1. The van der Waals surface area contributed by atoms with Gasteiger partial charge in [-0.3, -0.25) is 10.1 Å². The zero-order valence-corrected chi connectivity index (χ0v) is 9.19. The van der Waals surface area contributed by atoms with E-state index in [4.69, 9.17) is 5.11 Å². The Morgan fingerprint density at radius 2 is 2.24 bits per heavy atom. The van der Waals surface area contributed by atoms with Crippen LogP contribution in [-0.2, 0) is 11.3 Å². The number of hydrogen-bond donors (Lipinski definition) is 3. The van der Waals surface area contributed by atoms with Gasteiger partial charge in [0.25, 0.3) is 0 Å². The molecule has 0 bridgehead atoms. The summed E-state index contributed by atoms with van der Waals surface area (Å²) in [6.45, 7) is 0.150. The minimum atomic E-state index is -0.900. The van der Waals surface area contributed by atoms with Crippen molar-refractivity contribution >= 4 is 5.97 Å². The first-order valence-corrected chi connectivity index (χ1v) is 5.51. The van der Waals surface area contributed by atoms with Crippen LogP contribution >= 0.6 is 0 Å². The molecule has 1 atom stereocenters. The number of phenolic OH excluding ortho intramolecular Hbond substituents is 1. The first kappa shape index (κ1) is 11.9. The summed E-state index contributed by atoms with van der Waals surface area (Å²) in [7, 11) is 0. The second-order valence-electron chi connectivity index (χ2n) is 4.31. The Kier molecular flexibility index (Phi) is 3.28. The molecule has 1 fully saturated rings. The Bertz CT molecular complexity index is 432. The number of phenols is 1. The molecule has 1 aromatic rings. The summed E-state index contributed by atoms with van der Waals surface area (Å²) in [5.41, 5.74) is 0.372. The number of aliphatic carboxylic acids is 1. The van der Waals surface area contributed by atoms with Gasteiger partial charge in [0.05, 0.1) is 0 Å². The lowest BCUT2D eigenvalue weighted by molar-refractivity contribution is -0.140. The minimum absolute atomic E-state index is 0.0289. The van der Waals surface area contributed by atoms with E-state index in [1.165, 1.54) is 12.1 Å². The van der Waals surface area contributed by atoms with Crippen molar-refractivity contribution in [3.63, 3.8) is 0 Å². The van der Waals surface area contributed by atoms with Crippen LogP contribution in [0.15, 0.2) is 18.2 Å². The van der Waals surface area contributed by atoms with Crippen molar-refractivity contribution in [3.05, 3.63) is 29.6 Å². The van der Waals surface area contributed by atoms with Crippen LogP contribution in [0.5, 0.6) is 5.75 Å². The molecule has 4 nitrogen and oxygen atoms in total. The van der Waals surface area contributed by atoms with E-state index in [0.29, 0.717) is 5.56 Å². The van der Waals surface area contributed by atoms with Crippen LogP contribution in [0, 0.1) is 11.7 Å². The standard InChI is InChI=1S/C12H14FNO3/c13-9-3-4-10(15)8(5-9)6-14-11(12(16)17)7-1-2-7/h3-5,7,11,14-15H,1-2,6H2,(H,16,17). The molecule has 17 heavy (non-hydrogen) atoms. The summed E-state index contributed by atoms with van der Waals surface area (Å²) < 4.78 is 12.9. The van der Waals surface area contributed by atoms with Crippen molar-refractivity contribution in [1.82, 2.24) is 5.32 Å². The van der Waals surface area contributed by atoms with Gasteiger partial charge in [-0.25, -0.2) is 4.39 Å². The first-order chi connectivity index (χ1) is 8.08. The Labute approximate surface area is 98.1 Å². The summed E-state index contributed by atoms with van der Waals surface area (Å²) in [4.78, 5) is 11.0. The molecule has 1 aromatic carbocycles. The Balaban J connectivity index is 2.00. The van der Waals surface area contributed by atoms with E-state index in [1.54, 1.807) is 0 Å². The van der Waals surface area contributed by atoms with E-state index < -0.39 is 17.8 Å². The Morgan fingerprint density at radius 3 is 2.82 bits per heavy atom. The van der Waals surface area contributed by atoms with Crippen LogP contribution in [0.25, 0.3) is 0 Å². The normalized spacial score (nSPS) is 16.8. The molecule has 0 radical (unpaired) electrons. The smallest absolute Gasteiger partial charge is 0.320 e. The highest BCUT2D eigenvalue weighted by Gasteiger charge is 2.35. The zero-order chi connectivity index (χ0) is 12.4. The molecule has 5 heteroatoms. The van der Waals surface area contributed by atoms with Crippen molar-refractivity contribution < 1.29 is 19.4 Å². The Hall–Kier alpha value is -1.62. The van der Waals surface area contributed by atoms with Gasteiger partial charge < -0.3 is 10.2 Å². The molecule has 0 saturated heterocycles. The van der Waals surface area contributed by atoms with Gasteiger partial charge in [0.2, 0.25) is 0 Å². The summed E-state index contributed by atoms with van der Waals surface area (Å²) in [6.07, 6.45) is 1.80. The lowest BCUT2D eigenvalue weighted by atomic mass is 10.1. The molecule has 1 aliphatic rings. The number of halogens is 1. The molecule has 92 valence electrons. The fourth-order valence-electron chi connectivity index (χ4n) is 1.80. The van der Waals surface area contributed by atoms with Gasteiger partial charge in [-0.2, -0.15) is 0 Å². The maximum atomic E-state index is 12.9. The maximum Gasteiger partial charge on any atom is 0.320 e. The van der Waals surface area contributed by atoms with Crippen molar-refractivity contribution in [3.8, 4) is 5.75 Å².